The van der Waals surface area contributed by atoms with E-state index in [-0.39, 0.29) is 0 Å². The number of aromatic carboxylic acids is 1. The summed E-state index contributed by atoms with van der Waals surface area (Å²) in [6.45, 7) is 2.17. The molecule has 0 fully saturated rings. The SMILES string of the molecule is CCCCCc1cc(C(=O)O)cc2ccccc12. The molecule has 0 radical (unpaired) electrons. The monoisotopic (exact) mass is 242 g/mol. The van der Waals surface area contributed by atoms with Crippen molar-refractivity contribution in [3.05, 3.63) is 47.5 Å². The van der Waals surface area contributed by atoms with Crippen LogP contribution in [-0.2, 0) is 6.42 Å². The quantitative estimate of drug-likeness (QED) is 0.795. The standard InChI is InChI=1S/C16H18O2/c1-2-3-4-7-12-10-14(16(17)18)11-13-8-5-6-9-15(12)13/h5-6,8-11H,2-4,7H2,1H3,(H,17,18). The van der Waals surface area contributed by atoms with Gasteiger partial charge in [-0.1, -0.05) is 44.0 Å². The summed E-state index contributed by atoms with van der Waals surface area (Å²) in [6.07, 6.45) is 4.43. The molecule has 94 valence electrons. The highest BCUT2D eigenvalue weighted by molar-refractivity contribution is 5.96. The average molecular weight is 242 g/mol. The summed E-state index contributed by atoms with van der Waals surface area (Å²) in [7, 11) is 0. The number of benzene rings is 2. The zero-order chi connectivity index (χ0) is 13.0. The predicted octanol–water partition coefficient (Wildman–Crippen LogP) is 4.27. The molecule has 0 saturated heterocycles. The van der Waals surface area contributed by atoms with E-state index in [9.17, 15) is 4.79 Å². The first-order valence-electron chi connectivity index (χ1n) is 6.47. The highest BCUT2D eigenvalue weighted by atomic mass is 16.4. The van der Waals surface area contributed by atoms with Gasteiger partial charge < -0.3 is 5.11 Å². The van der Waals surface area contributed by atoms with Crippen molar-refractivity contribution in [2.75, 3.05) is 0 Å². The number of rotatable bonds is 5. The van der Waals surface area contributed by atoms with Gasteiger partial charge in [0.15, 0.2) is 0 Å². The molecule has 0 spiro atoms. The Labute approximate surface area is 107 Å². The van der Waals surface area contributed by atoms with Gasteiger partial charge in [-0.15, -0.1) is 0 Å². The van der Waals surface area contributed by atoms with Crippen LogP contribution in [0, 0.1) is 0 Å². The zero-order valence-electron chi connectivity index (χ0n) is 10.6. The van der Waals surface area contributed by atoms with Crippen LogP contribution >= 0.6 is 0 Å². The molecule has 2 nitrogen and oxygen atoms in total. The van der Waals surface area contributed by atoms with Gasteiger partial charge in [0.25, 0.3) is 0 Å². The number of hydrogen-bond acceptors (Lipinski definition) is 1. The lowest BCUT2D eigenvalue weighted by Gasteiger charge is -2.08. The molecule has 0 amide bonds. The van der Waals surface area contributed by atoms with Gasteiger partial charge in [-0.2, -0.15) is 0 Å². The first kappa shape index (κ1) is 12.6. The molecular weight excluding hydrogens is 224 g/mol. The molecule has 0 bridgehead atoms. The second-order valence-electron chi connectivity index (χ2n) is 4.62. The van der Waals surface area contributed by atoms with E-state index in [2.05, 4.69) is 13.0 Å². The van der Waals surface area contributed by atoms with Crippen molar-refractivity contribution in [2.24, 2.45) is 0 Å². The van der Waals surface area contributed by atoms with Crippen LogP contribution in [0.3, 0.4) is 0 Å². The van der Waals surface area contributed by atoms with Gasteiger partial charge >= 0.3 is 5.97 Å². The Morgan fingerprint density at radius 2 is 1.94 bits per heavy atom. The fraction of sp³-hybridized carbons (Fsp3) is 0.312. The predicted molar refractivity (Wildman–Crippen MR) is 74.1 cm³/mol. The largest absolute Gasteiger partial charge is 0.478 e. The van der Waals surface area contributed by atoms with Crippen molar-refractivity contribution >= 4 is 16.7 Å². The van der Waals surface area contributed by atoms with E-state index in [0.29, 0.717) is 5.56 Å². The number of hydrogen-bond donors (Lipinski definition) is 1. The Morgan fingerprint density at radius 1 is 1.17 bits per heavy atom. The molecule has 0 aliphatic rings. The summed E-state index contributed by atoms with van der Waals surface area (Å²) in [6, 6.07) is 11.6. The summed E-state index contributed by atoms with van der Waals surface area (Å²) in [5.41, 5.74) is 1.54. The van der Waals surface area contributed by atoms with E-state index in [4.69, 9.17) is 5.11 Å². The summed E-state index contributed by atoms with van der Waals surface area (Å²) < 4.78 is 0. The second-order valence-corrected chi connectivity index (χ2v) is 4.62. The molecule has 2 aromatic carbocycles. The van der Waals surface area contributed by atoms with Crippen molar-refractivity contribution in [3.8, 4) is 0 Å². The Hall–Kier alpha value is -1.83. The van der Waals surface area contributed by atoms with E-state index in [1.54, 1.807) is 6.07 Å². The summed E-state index contributed by atoms with van der Waals surface area (Å²) >= 11 is 0. The molecule has 2 aromatic rings. The van der Waals surface area contributed by atoms with Crippen LogP contribution < -0.4 is 0 Å². The maximum absolute atomic E-state index is 11.1. The van der Waals surface area contributed by atoms with E-state index >= 15 is 0 Å². The first-order valence-corrected chi connectivity index (χ1v) is 6.47. The molecule has 0 aliphatic carbocycles. The van der Waals surface area contributed by atoms with Gasteiger partial charge in [0.2, 0.25) is 0 Å². The van der Waals surface area contributed by atoms with Crippen molar-refractivity contribution < 1.29 is 9.90 Å². The topological polar surface area (TPSA) is 37.3 Å². The lowest BCUT2D eigenvalue weighted by Crippen LogP contribution is -1.99. The number of aryl methyl sites for hydroxylation is 1. The highest BCUT2D eigenvalue weighted by Gasteiger charge is 2.08. The molecule has 0 atom stereocenters. The number of carboxylic acid groups (broad SMARTS) is 1. The molecule has 0 aromatic heterocycles. The summed E-state index contributed by atoms with van der Waals surface area (Å²) in [4.78, 5) is 11.1. The maximum Gasteiger partial charge on any atom is 0.335 e. The zero-order valence-corrected chi connectivity index (χ0v) is 10.6. The fourth-order valence-electron chi connectivity index (χ4n) is 2.29. The number of carboxylic acids is 1. The maximum atomic E-state index is 11.1. The van der Waals surface area contributed by atoms with E-state index in [1.165, 1.54) is 18.2 Å². The summed E-state index contributed by atoms with van der Waals surface area (Å²) in [5.74, 6) is -0.850. The molecule has 1 N–H and O–H groups in total. The Kier molecular flexibility index (Phi) is 3.98. The Balaban J connectivity index is 2.43. The lowest BCUT2D eigenvalue weighted by molar-refractivity contribution is 0.0697. The molecule has 0 unspecified atom stereocenters. The first-order chi connectivity index (χ1) is 8.72. The van der Waals surface area contributed by atoms with Gasteiger partial charge in [-0.25, -0.2) is 4.79 Å². The molecule has 0 heterocycles. The van der Waals surface area contributed by atoms with Gasteiger partial charge in [0.05, 0.1) is 5.56 Å². The lowest BCUT2D eigenvalue weighted by atomic mass is 9.97. The fourth-order valence-corrected chi connectivity index (χ4v) is 2.29. The summed E-state index contributed by atoms with van der Waals surface area (Å²) in [5, 5.41) is 11.3. The van der Waals surface area contributed by atoms with Crippen LogP contribution in [-0.4, -0.2) is 11.1 Å². The van der Waals surface area contributed by atoms with Gasteiger partial charge in [-0.3, -0.25) is 0 Å². The van der Waals surface area contributed by atoms with Crippen LogP contribution in [0.1, 0.15) is 42.1 Å². The molecule has 18 heavy (non-hydrogen) atoms. The minimum Gasteiger partial charge on any atom is -0.478 e. The minimum atomic E-state index is -0.850. The van der Waals surface area contributed by atoms with E-state index in [0.717, 1.165) is 23.8 Å². The van der Waals surface area contributed by atoms with Gasteiger partial charge in [0, 0.05) is 0 Å². The average Bonchev–Trinajstić information content (AvgIpc) is 2.38. The van der Waals surface area contributed by atoms with Crippen LogP contribution in [0.5, 0.6) is 0 Å². The normalized spacial score (nSPS) is 10.7. The molecule has 2 rings (SSSR count). The van der Waals surface area contributed by atoms with E-state index < -0.39 is 5.97 Å². The number of fused-ring (bicyclic) bond motifs is 1. The highest BCUT2D eigenvalue weighted by Crippen LogP contribution is 2.23. The van der Waals surface area contributed by atoms with Crippen molar-refractivity contribution in [3.63, 3.8) is 0 Å². The molecule has 2 heteroatoms. The van der Waals surface area contributed by atoms with Gasteiger partial charge in [-0.05, 0) is 41.3 Å². The third-order valence-electron chi connectivity index (χ3n) is 3.24. The minimum absolute atomic E-state index is 0.389. The van der Waals surface area contributed by atoms with Crippen LogP contribution in [0.2, 0.25) is 0 Å². The number of carbonyl (C=O) groups is 1. The third-order valence-corrected chi connectivity index (χ3v) is 3.24. The van der Waals surface area contributed by atoms with Crippen LogP contribution in [0.25, 0.3) is 10.8 Å². The van der Waals surface area contributed by atoms with Crippen LogP contribution in [0.4, 0.5) is 0 Å². The third kappa shape index (κ3) is 2.70. The second kappa shape index (κ2) is 5.67. The van der Waals surface area contributed by atoms with Crippen molar-refractivity contribution in [1.82, 2.24) is 0 Å². The Bertz CT molecular complexity index is 558. The van der Waals surface area contributed by atoms with Crippen molar-refractivity contribution in [1.29, 1.82) is 0 Å². The number of unbranched alkanes of at least 4 members (excludes halogenated alkanes) is 2. The van der Waals surface area contributed by atoms with E-state index in [1.807, 2.05) is 24.3 Å². The molecular formula is C16H18O2. The Morgan fingerprint density at radius 3 is 2.67 bits per heavy atom. The smallest absolute Gasteiger partial charge is 0.335 e. The molecule has 0 saturated carbocycles. The van der Waals surface area contributed by atoms with Crippen LogP contribution in [0.15, 0.2) is 36.4 Å². The van der Waals surface area contributed by atoms with Crippen molar-refractivity contribution in [2.45, 2.75) is 32.6 Å². The van der Waals surface area contributed by atoms with Gasteiger partial charge in [0.1, 0.15) is 0 Å². The molecule has 0 aliphatic heterocycles.